The molecule has 0 nitrogen and oxygen atoms in total. The molecule has 0 spiro atoms. The second-order valence-electron chi connectivity index (χ2n) is 3.26. The van der Waals surface area contributed by atoms with E-state index in [1.165, 1.54) is 12.8 Å². The summed E-state index contributed by atoms with van der Waals surface area (Å²) in [6.45, 7) is 10.5. The molecule has 2 unspecified atom stereocenters. The summed E-state index contributed by atoms with van der Waals surface area (Å²) < 4.78 is 0. The Morgan fingerprint density at radius 1 is 1.27 bits per heavy atom. The summed E-state index contributed by atoms with van der Waals surface area (Å²) in [7, 11) is 0. The minimum atomic E-state index is 0.802. The second-order valence-corrected chi connectivity index (χ2v) is 3.26. The van der Waals surface area contributed by atoms with Crippen LogP contribution in [-0.2, 0) is 0 Å². The third kappa shape index (κ3) is 4.83. The molecule has 0 aliphatic heterocycles. The molecule has 0 saturated carbocycles. The molecule has 0 bridgehead atoms. The molecular weight excluding hydrogens is 132 g/mol. The molecule has 64 valence electrons. The molecule has 0 aromatic rings. The minimum Gasteiger partial charge on any atom is -0.0991 e. The zero-order valence-corrected chi connectivity index (χ0v) is 8.01. The standard InChI is InChI=1S/C11H20/c1-5-7-8-9-11(4)10(3)6-2/h5,7-8,10-11H,1,6,9H2,2-4H3. The zero-order valence-electron chi connectivity index (χ0n) is 8.01. The van der Waals surface area contributed by atoms with Crippen molar-refractivity contribution < 1.29 is 0 Å². The molecule has 11 heavy (non-hydrogen) atoms. The first-order chi connectivity index (χ1) is 5.22. The monoisotopic (exact) mass is 152 g/mol. The maximum absolute atomic E-state index is 3.64. The first kappa shape index (κ1) is 10.5. The molecule has 0 aliphatic rings. The molecule has 0 rings (SSSR count). The lowest BCUT2D eigenvalue weighted by Gasteiger charge is -2.15. The normalized spacial score (nSPS) is 16.6. The highest BCUT2D eigenvalue weighted by Gasteiger charge is 2.06. The topological polar surface area (TPSA) is 0 Å². The van der Waals surface area contributed by atoms with Crippen LogP contribution in [0.15, 0.2) is 24.8 Å². The van der Waals surface area contributed by atoms with Gasteiger partial charge >= 0.3 is 0 Å². The van der Waals surface area contributed by atoms with Gasteiger partial charge in [-0.3, -0.25) is 0 Å². The van der Waals surface area contributed by atoms with Gasteiger partial charge in [0.15, 0.2) is 0 Å². The van der Waals surface area contributed by atoms with Crippen LogP contribution in [0, 0.1) is 11.8 Å². The lowest BCUT2D eigenvalue weighted by molar-refractivity contribution is 0.380. The maximum atomic E-state index is 3.64. The van der Waals surface area contributed by atoms with Crippen LogP contribution in [0.25, 0.3) is 0 Å². The van der Waals surface area contributed by atoms with Gasteiger partial charge in [0.1, 0.15) is 0 Å². The smallest absolute Gasteiger partial charge is 0.0319 e. The first-order valence-electron chi connectivity index (χ1n) is 4.49. The van der Waals surface area contributed by atoms with Crippen molar-refractivity contribution in [3.63, 3.8) is 0 Å². The summed E-state index contributed by atoms with van der Waals surface area (Å²) in [5.41, 5.74) is 0. The third-order valence-corrected chi connectivity index (χ3v) is 2.40. The van der Waals surface area contributed by atoms with Crippen molar-refractivity contribution in [1.82, 2.24) is 0 Å². The SMILES string of the molecule is C=CC=CCC(C)C(C)CC. The molecule has 0 heterocycles. The van der Waals surface area contributed by atoms with Gasteiger partial charge in [-0.1, -0.05) is 52.0 Å². The van der Waals surface area contributed by atoms with Gasteiger partial charge < -0.3 is 0 Å². The molecule has 0 aliphatic carbocycles. The molecule has 0 amide bonds. The molecule has 0 aromatic heterocycles. The number of rotatable bonds is 5. The quantitative estimate of drug-likeness (QED) is 0.526. The summed E-state index contributed by atoms with van der Waals surface area (Å²) in [5.74, 6) is 1.64. The average molecular weight is 152 g/mol. The van der Waals surface area contributed by atoms with Crippen LogP contribution in [-0.4, -0.2) is 0 Å². The van der Waals surface area contributed by atoms with Gasteiger partial charge in [0.05, 0.1) is 0 Å². The van der Waals surface area contributed by atoms with E-state index in [9.17, 15) is 0 Å². The summed E-state index contributed by atoms with van der Waals surface area (Å²) in [6, 6.07) is 0. The molecule has 0 heteroatoms. The predicted molar refractivity (Wildman–Crippen MR) is 52.6 cm³/mol. The van der Waals surface area contributed by atoms with Gasteiger partial charge in [-0.2, -0.15) is 0 Å². The lowest BCUT2D eigenvalue weighted by Crippen LogP contribution is -2.04. The van der Waals surface area contributed by atoms with E-state index < -0.39 is 0 Å². The second kappa shape index (κ2) is 6.21. The van der Waals surface area contributed by atoms with E-state index in [-0.39, 0.29) is 0 Å². The van der Waals surface area contributed by atoms with Gasteiger partial charge in [-0.05, 0) is 18.3 Å². The van der Waals surface area contributed by atoms with Crippen LogP contribution < -0.4 is 0 Å². The van der Waals surface area contributed by atoms with Crippen molar-refractivity contribution in [3.8, 4) is 0 Å². The van der Waals surface area contributed by atoms with Crippen molar-refractivity contribution >= 4 is 0 Å². The van der Waals surface area contributed by atoms with Crippen LogP contribution in [0.4, 0.5) is 0 Å². The van der Waals surface area contributed by atoms with E-state index in [0.29, 0.717) is 0 Å². The molecule has 0 saturated heterocycles. The van der Waals surface area contributed by atoms with Gasteiger partial charge in [0, 0.05) is 0 Å². The summed E-state index contributed by atoms with van der Waals surface area (Å²) in [6.07, 6.45) is 8.52. The number of allylic oxidation sites excluding steroid dienone is 3. The van der Waals surface area contributed by atoms with Crippen molar-refractivity contribution in [2.45, 2.75) is 33.6 Å². The van der Waals surface area contributed by atoms with Gasteiger partial charge in [-0.15, -0.1) is 0 Å². The van der Waals surface area contributed by atoms with E-state index in [0.717, 1.165) is 11.8 Å². The van der Waals surface area contributed by atoms with Crippen LogP contribution in [0.1, 0.15) is 33.6 Å². The van der Waals surface area contributed by atoms with E-state index in [1.807, 2.05) is 12.2 Å². The highest BCUT2D eigenvalue weighted by Crippen LogP contribution is 2.18. The van der Waals surface area contributed by atoms with Gasteiger partial charge in [-0.25, -0.2) is 0 Å². The Hall–Kier alpha value is -0.520. The van der Waals surface area contributed by atoms with Crippen molar-refractivity contribution in [2.24, 2.45) is 11.8 Å². The molecular formula is C11H20. The summed E-state index contributed by atoms with van der Waals surface area (Å²) >= 11 is 0. The highest BCUT2D eigenvalue weighted by molar-refractivity contribution is 4.97. The maximum Gasteiger partial charge on any atom is -0.0319 e. The molecule has 0 fully saturated rings. The van der Waals surface area contributed by atoms with Gasteiger partial charge in [0.2, 0.25) is 0 Å². The van der Waals surface area contributed by atoms with Crippen molar-refractivity contribution in [2.75, 3.05) is 0 Å². The Balaban J connectivity index is 3.58. The minimum absolute atomic E-state index is 0.802. The Morgan fingerprint density at radius 2 is 1.91 bits per heavy atom. The predicted octanol–water partition coefficient (Wildman–Crippen LogP) is 3.80. The van der Waals surface area contributed by atoms with Crippen LogP contribution in [0.3, 0.4) is 0 Å². The molecule has 2 atom stereocenters. The van der Waals surface area contributed by atoms with Crippen molar-refractivity contribution in [1.29, 1.82) is 0 Å². The molecule has 0 N–H and O–H groups in total. The highest BCUT2D eigenvalue weighted by atomic mass is 14.1. The van der Waals surface area contributed by atoms with E-state index in [4.69, 9.17) is 0 Å². The summed E-state index contributed by atoms with van der Waals surface area (Å²) in [5, 5.41) is 0. The average Bonchev–Trinajstić information content (AvgIpc) is 2.03. The fraction of sp³-hybridized carbons (Fsp3) is 0.636. The lowest BCUT2D eigenvalue weighted by atomic mass is 9.91. The fourth-order valence-electron chi connectivity index (χ4n) is 1.02. The molecule has 0 aromatic carbocycles. The Bertz CT molecular complexity index is 122. The zero-order chi connectivity index (χ0) is 8.69. The number of hydrogen-bond donors (Lipinski definition) is 0. The Labute approximate surface area is 71.0 Å². The van der Waals surface area contributed by atoms with Crippen LogP contribution in [0.2, 0.25) is 0 Å². The van der Waals surface area contributed by atoms with E-state index in [2.05, 4.69) is 33.4 Å². The molecule has 0 radical (unpaired) electrons. The first-order valence-corrected chi connectivity index (χ1v) is 4.49. The largest absolute Gasteiger partial charge is 0.0991 e. The van der Waals surface area contributed by atoms with Crippen LogP contribution >= 0.6 is 0 Å². The van der Waals surface area contributed by atoms with Gasteiger partial charge in [0.25, 0.3) is 0 Å². The third-order valence-electron chi connectivity index (χ3n) is 2.40. The van der Waals surface area contributed by atoms with Crippen molar-refractivity contribution in [3.05, 3.63) is 24.8 Å². The van der Waals surface area contributed by atoms with Crippen LogP contribution in [0.5, 0.6) is 0 Å². The summed E-state index contributed by atoms with van der Waals surface area (Å²) in [4.78, 5) is 0. The van der Waals surface area contributed by atoms with E-state index >= 15 is 0 Å². The number of hydrogen-bond acceptors (Lipinski definition) is 0. The Kier molecular flexibility index (Phi) is 5.91. The van der Waals surface area contributed by atoms with E-state index in [1.54, 1.807) is 0 Å². The fourth-order valence-corrected chi connectivity index (χ4v) is 1.02. The Morgan fingerprint density at radius 3 is 2.36 bits per heavy atom.